The second-order valence-corrected chi connectivity index (χ2v) is 9.77. The molecule has 4 N–H and O–H groups in total. The summed E-state index contributed by atoms with van der Waals surface area (Å²) in [6.07, 6.45) is -0.772. The third-order valence-corrected chi connectivity index (χ3v) is 6.28. The lowest BCUT2D eigenvalue weighted by Gasteiger charge is -2.33. The van der Waals surface area contributed by atoms with Gasteiger partial charge in [-0.3, -0.25) is 38.3 Å². The number of carbonyl (C=O) groups is 2. The number of hydrogen-bond donors (Lipinski definition) is 4. The molecule has 1 aromatic rings. The zero-order valence-corrected chi connectivity index (χ0v) is 22.0. The Kier molecular flexibility index (Phi) is 14.8. The van der Waals surface area contributed by atoms with Gasteiger partial charge in [0.1, 0.15) is 6.73 Å². The summed E-state index contributed by atoms with van der Waals surface area (Å²) in [5.74, 6) is -1.94. The molecule has 0 aromatic heterocycles. The number of hydrogen-bond acceptors (Lipinski definition) is 10. The fraction of sp³-hybridized carbons (Fsp3) is 0.652. The molecule has 2 atom stereocenters. The van der Waals surface area contributed by atoms with Crippen LogP contribution in [-0.2, 0) is 30.0 Å². The quantitative estimate of drug-likeness (QED) is 0.230. The summed E-state index contributed by atoms with van der Waals surface area (Å²) in [7, 11) is -3.14. The first kappa shape index (κ1) is 31.3. The highest BCUT2D eigenvalue weighted by Gasteiger charge is 2.20. The number of rotatable bonds is 13. The number of aliphatic hydroxyl groups is 1. The number of nitrogens with zero attached hydrogens (tertiary/aromatic N) is 4. The van der Waals surface area contributed by atoms with Gasteiger partial charge in [-0.1, -0.05) is 30.3 Å². The van der Waals surface area contributed by atoms with E-state index in [4.69, 9.17) is 14.2 Å². The van der Waals surface area contributed by atoms with Crippen molar-refractivity contribution in [3.05, 3.63) is 35.9 Å². The lowest BCUT2D eigenvalue weighted by atomic mass is 10.2. The monoisotopic (exact) mass is 546 g/mol. The fourth-order valence-electron chi connectivity index (χ4n) is 3.97. The first-order chi connectivity index (χ1) is 17.7. The second kappa shape index (κ2) is 17.6. The summed E-state index contributed by atoms with van der Waals surface area (Å²) in [6, 6.07) is 9.62. The maximum absolute atomic E-state index is 11.4. The van der Waals surface area contributed by atoms with E-state index in [0.29, 0.717) is 65.5 Å². The minimum absolute atomic E-state index is 0.114. The van der Waals surface area contributed by atoms with Crippen LogP contribution < -0.4 is 0 Å². The molecule has 1 heterocycles. The summed E-state index contributed by atoms with van der Waals surface area (Å²) in [4.78, 5) is 39.1. The van der Waals surface area contributed by atoms with Crippen molar-refractivity contribution in [1.82, 2.24) is 19.6 Å². The van der Waals surface area contributed by atoms with Crippen molar-refractivity contribution in [2.24, 2.45) is 0 Å². The zero-order chi connectivity index (χ0) is 27.0. The third-order valence-electron chi connectivity index (χ3n) is 5.91. The van der Waals surface area contributed by atoms with Gasteiger partial charge in [0, 0.05) is 58.9 Å². The van der Waals surface area contributed by atoms with Gasteiger partial charge in [0.2, 0.25) is 0 Å². The van der Waals surface area contributed by atoms with Gasteiger partial charge in [-0.25, -0.2) is 0 Å². The van der Waals surface area contributed by atoms with E-state index in [0.717, 1.165) is 5.56 Å². The molecular formula is C23H39N4O9P. The molecule has 2 unspecified atom stereocenters. The number of aliphatic hydroxyl groups excluding tert-OH is 1. The van der Waals surface area contributed by atoms with E-state index in [-0.39, 0.29) is 26.4 Å². The molecule has 1 aliphatic rings. The van der Waals surface area contributed by atoms with Crippen molar-refractivity contribution in [3.63, 3.8) is 0 Å². The fourth-order valence-corrected chi connectivity index (χ4v) is 4.27. The normalized spacial score (nSPS) is 19.5. The summed E-state index contributed by atoms with van der Waals surface area (Å²) < 4.78 is 21.5. The largest absolute Gasteiger partial charge is 0.480 e. The molecule has 14 heteroatoms. The van der Waals surface area contributed by atoms with Gasteiger partial charge >= 0.3 is 20.2 Å². The average Bonchev–Trinajstić information content (AvgIpc) is 2.83. The van der Waals surface area contributed by atoms with Crippen LogP contribution in [0.25, 0.3) is 0 Å². The highest BCUT2D eigenvalue weighted by Crippen LogP contribution is 2.15. The van der Waals surface area contributed by atoms with Gasteiger partial charge in [-0.05, 0) is 5.56 Å². The number of ether oxygens (including phenoxy) is 1. The molecule has 210 valence electrons. The SMILES string of the molecule is O=C(O)CN1CCN(CO[PH](=O)O)CCN(CC(=O)O)CCN(CC(O)COCc2ccccc2)CC1. The summed E-state index contributed by atoms with van der Waals surface area (Å²) in [5, 5.41) is 29.3. The Morgan fingerprint density at radius 3 is 1.81 bits per heavy atom. The topological polar surface area (TPSA) is 164 Å². The third kappa shape index (κ3) is 14.6. The number of aliphatic carboxylic acids is 2. The molecule has 0 amide bonds. The molecule has 1 aliphatic heterocycles. The molecule has 0 radical (unpaired) electrons. The van der Waals surface area contributed by atoms with Crippen LogP contribution in [0.1, 0.15) is 5.56 Å². The molecule has 2 rings (SSSR count). The predicted molar refractivity (Wildman–Crippen MR) is 135 cm³/mol. The minimum Gasteiger partial charge on any atom is -0.480 e. The molecule has 0 saturated carbocycles. The minimum atomic E-state index is -3.14. The molecule has 0 bridgehead atoms. The number of β-amino-alcohol motifs (C(OH)–C–C–N with tert-alkyl or cyclic N) is 1. The van der Waals surface area contributed by atoms with Crippen LogP contribution in [0.2, 0.25) is 0 Å². The maximum atomic E-state index is 11.4. The average molecular weight is 547 g/mol. The maximum Gasteiger partial charge on any atom is 0.317 e. The van der Waals surface area contributed by atoms with E-state index in [9.17, 15) is 29.5 Å². The highest BCUT2D eigenvalue weighted by atomic mass is 31.1. The van der Waals surface area contributed by atoms with Crippen LogP contribution in [-0.4, -0.2) is 143 Å². The van der Waals surface area contributed by atoms with Crippen LogP contribution in [0.5, 0.6) is 0 Å². The Morgan fingerprint density at radius 1 is 0.838 bits per heavy atom. The van der Waals surface area contributed by atoms with Crippen LogP contribution in [0.15, 0.2) is 30.3 Å². The highest BCUT2D eigenvalue weighted by molar-refractivity contribution is 7.32. The van der Waals surface area contributed by atoms with E-state index in [1.54, 1.807) is 14.7 Å². The Morgan fingerprint density at radius 2 is 1.32 bits per heavy atom. The summed E-state index contributed by atoms with van der Waals surface area (Å²) in [5.41, 5.74) is 1.00. The van der Waals surface area contributed by atoms with Gasteiger partial charge in [-0.15, -0.1) is 0 Å². The smallest absolute Gasteiger partial charge is 0.317 e. The van der Waals surface area contributed by atoms with Crippen LogP contribution in [0, 0.1) is 0 Å². The summed E-state index contributed by atoms with van der Waals surface area (Å²) >= 11 is 0. The Hall–Kier alpha value is -1.93. The second-order valence-electron chi connectivity index (χ2n) is 8.95. The van der Waals surface area contributed by atoms with Crippen molar-refractivity contribution in [3.8, 4) is 0 Å². The van der Waals surface area contributed by atoms with Crippen molar-refractivity contribution in [1.29, 1.82) is 0 Å². The van der Waals surface area contributed by atoms with Gasteiger partial charge < -0.3 is 24.9 Å². The molecule has 0 spiro atoms. The molecule has 1 aromatic carbocycles. The van der Waals surface area contributed by atoms with Gasteiger partial charge in [-0.2, -0.15) is 0 Å². The molecule has 37 heavy (non-hydrogen) atoms. The molecular weight excluding hydrogens is 507 g/mol. The molecule has 1 fully saturated rings. The zero-order valence-electron chi connectivity index (χ0n) is 21.0. The van der Waals surface area contributed by atoms with E-state index in [1.807, 2.05) is 35.2 Å². The van der Waals surface area contributed by atoms with Crippen molar-refractivity contribution in [2.45, 2.75) is 12.7 Å². The predicted octanol–water partition coefficient (Wildman–Crippen LogP) is -0.689. The lowest BCUT2D eigenvalue weighted by Crippen LogP contribution is -2.49. The van der Waals surface area contributed by atoms with E-state index < -0.39 is 26.3 Å². The molecule has 0 aliphatic carbocycles. The lowest BCUT2D eigenvalue weighted by molar-refractivity contribution is -0.139. The number of carboxylic acid groups (broad SMARTS) is 2. The first-order valence-electron chi connectivity index (χ1n) is 12.2. The van der Waals surface area contributed by atoms with Gasteiger partial charge in [0.25, 0.3) is 0 Å². The number of carboxylic acids is 2. The van der Waals surface area contributed by atoms with Crippen molar-refractivity contribution in [2.75, 3.05) is 85.3 Å². The molecule has 13 nitrogen and oxygen atoms in total. The van der Waals surface area contributed by atoms with Crippen LogP contribution >= 0.6 is 8.25 Å². The Labute approximate surface area is 217 Å². The van der Waals surface area contributed by atoms with Crippen molar-refractivity contribution >= 4 is 20.2 Å². The first-order valence-corrected chi connectivity index (χ1v) is 13.5. The number of benzene rings is 1. The standard InChI is InChI=1S/C23H39N4O9P/c28-21(18-35-17-20-4-2-1-3-5-20)14-24-6-8-25(15-22(29)30)10-12-27(19-36-37(33)34)13-11-26(9-7-24)16-23(31)32/h1-5,21,28,37H,6-19H2,(H,29,30)(H,31,32)(H,33,34). The molecule has 1 saturated heterocycles. The van der Waals surface area contributed by atoms with E-state index in [1.165, 1.54) is 0 Å². The summed E-state index contributed by atoms with van der Waals surface area (Å²) in [6.45, 7) is 3.58. The van der Waals surface area contributed by atoms with Gasteiger partial charge in [0.15, 0.2) is 0 Å². The van der Waals surface area contributed by atoms with Gasteiger partial charge in [0.05, 0.1) is 32.4 Å². The van der Waals surface area contributed by atoms with Crippen molar-refractivity contribution < 1.29 is 43.6 Å². The Bertz CT molecular complexity index is 804. The Balaban J connectivity index is 2.01. The van der Waals surface area contributed by atoms with E-state index in [2.05, 4.69) is 0 Å². The van der Waals surface area contributed by atoms with Crippen LogP contribution in [0.4, 0.5) is 0 Å². The van der Waals surface area contributed by atoms with E-state index >= 15 is 0 Å². The van der Waals surface area contributed by atoms with Crippen LogP contribution in [0.3, 0.4) is 0 Å².